The number of aliphatic hydroxyl groups is 1. The molecule has 3 rings (SSSR count). The summed E-state index contributed by atoms with van der Waals surface area (Å²) in [6.45, 7) is 7.45. The fraction of sp³-hybridized carbons (Fsp3) is 0.385. The molecule has 0 saturated carbocycles. The standard InChI is InChI=1S/C26H32N2O5/c1-6-32-18-12-13-20(21(16-18)33-7-2)24(29)22-23(19-11-9-8-10-17(19)3)28(15-14-27(4)5)26(31)25(22)30/h8-13,16,23,29H,6-7,14-15H2,1-5H3/b24-22+. The highest BCUT2D eigenvalue weighted by atomic mass is 16.5. The van der Waals surface area contributed by atoms with E-state index in [2.05, 4.69) is 0 Å². The molecule has 1 fully saturated rings. The Bertz CT molecular complexity index is 1060. The van der Waals surface area contributed by atoms with Crippen LogP contribution < -0.4 is 9.47 Å². The number of ether oxygens (including phenoxy) is 2. The molecule has 1 atom stereocenters. The van der Waals surface area contributed by atoms with Crippen LogP contribution in [0.2, 0.25) is 0 Å². The van der Waals surface area contributed by atoms with Crippen molar-refractivity contribution in [3.05, 3.63) is 64.7 Å². The second kappa shape index (κ2) is 10.5. The molecule has 1 N–H and O–H groups in total. The number of ketones is 1. The summed E-state index contributed by atoms with van der Waals surface area (Å²) in [5.74, 6) is -0.574. The highest BCUT2D eigenvalue weighted by molar-refractivity contribution is 6.46. The number of rotatable bonds is 9. The summed E-state index contributed by atoms with van der Waals surface area (Å²) in [4.78, 5) is 29.8. The van der Waals surface area contributed by atoms with Gasteiger partial charge in [0.05, 0.1) is 30.4 Å². The van der Waals surface area contributed by atoms with Crippen molar-refractivity contribution in [3.63, 3.8) is 0 Å². The molecule has 1 aliphatic rings. The van der Waals surface area contributed by atoms with Gasteiger partial charge in [-0.1, -0.05) is 24.3 Å². The van der Waals surface area contributed by atoms with Gasteiger partial charge in [0.25, 0.3) is 11.7 Å². The maximum absolute atomic E-state index is 13.2. The van der Waals surface area contributed by atoms with E-state index in [4.69, 9.17) is 9.47 Å². The van der Waals surface area contributed by atoms with Gasteiger partial charge < -0.3 is 24.4 Å². The van der Waals surface area contributed by atoms with E-state index in [9.17, 15) is 14.7 Å². The topological polar surface area (TPSA) is 79.3 Å². The lowest BCUT2D eigenvalue weighted by Gasteiger charge is -2.27. The molecule has 1 aliphatic heterocycles. The van der Waals surface area contributed by atoms with Gasteiger partial charge in [0.15, 0.2) is 0 Å². The summed E-state index contributed by atoms with van der Waals surface area (Å²) < 4.78 is 11.3. The summed E-state index contributed by atoms with van der Waals surface area (Å²) in [5, 5.41) is 11.4. The number of amides is 1. The Morgan fingerprint density at radius 3 is 2.39 bits per heavy atom. The minimum Gasteiger partial charge on any atom is -0.507 e. The molecule has 33 heavy (non-hydrogen) atoms. The molecule has 0 bridgehead atoms. The van der Waals surface area contributed by atoms with Gasteiger partial charge >= 0.3 is 0 Å². The fourth-order valence-electron chi connectivity index (χ4n) is 4.01. The Balaban J connectivity index is 2.20. The van der Waals surface area contributed by atoms with Gasteiger partial charge in [0.1, 0.15) is 17.3 Å². The number of aliphatic hydroxyl groups excluding tert-OH is 1. The molecular weight excluding hydrogens is 420 g/mol. The summed E-state index contributed by atoms with van der Waals surface area (Å²) in [6, 6.07) is 12.0. The Kier molecular flexibility index (Phi) is 7.76. The van der Waals surface area contributed by atoms with Gasteiger partial charge in [-0.3, -0.25) is 9.59 Å². The average molecular weight is 453 g/mol. The third-order valence-electron chi connectivity index (χ3n) is 5.63. The van der Waals surface area contributed by atoms with Gasteiger partial charge in [-0.05, 0) is 58.1 Å². The fourth-order valence-corrected chi connectivity index (χ4v) is 4.01. The molecule has 2 aromatic rings. The normalized spacial score (nSPS) is 17.6. The minimum absolute atomic E-state index is 0.0677. The number of carbonyl (C=O) groups excluding carboxylic acids is 2. The molecule has 7 heteroatoms. The zero-order valence-corrected chi connectivity index (χ0v) is 19.9. The van der Waals surface area contributed by atoms with Gasteiger partial charge in [0.2, 0.25) is 0 Å². The van der Waals surface area contributed by atoms with Crippen molar-refractivity contribution in [2.75, 3.05) is 40.4 Å². The molecule has 1 amide bonds. The Hall–Kier alpha value is -3.32. The van der Waals surface area contributed by atoms with E-state index in [1.165, 1.54) is 0 Å². The zero-order valence-electron chi connectivity index (χ0n) is 19.9. The van der Waals surface area contributed by atoms with Crippen molar-refractivity contribution < 1.29 is 24.2 Å². The second-order valence-electron chi connectivity index (χ2n) is 8.18. The molecule has 7 nitrogen and oxygen atoms in total. The number of hydrogen-bond donors (Lipinski definition) is 1. The van der Waals surface area contributed by atoms with Gasteiger partial charge in [0, 0.05) is 19.2 Å². The SMILES string of the molecule is CCOc1ccc(/C(O)=C2\C(=O)C(=O)N(CCN(C)C)C2c2ccccc2C)c(OCC)c1. The Labute approximate surface area is 195 Å². The van der Waals surface area contributed by atoms with Crippen molar-refractivity contribution in [3.8, 4) is 11.5 Å². The van der Waals surface area contributed by atoms with Crippen LogP contribution in [0, 0.1) is 6.92 Å². The van der Waals surface area contributed by atoms with E-state index in [0.29, 0.717) is 43.4 Å². The number of carbonyl (C=O) groups is 2. The lowest BCUT2D eigenvalue weighted by atomic mass is 9.92. The quantitative estimate of drug-likeness (QED) is 0.354. The van der Waals surface area contributed by atoms with E-state index in [-0.39, 0.29) is 11.3 Å². The maximum Gasteiger partial charge on any atom is 0.295 e. The van der Waals surface area contributed by atoms with Crippen molar-refractivity contribution in [1.82, 2.24) is 9.80 Å². The molecule has 0 aliphatic carbocycles. The molecule has 1 heterocycles. The largest absolute Gasteiger partial charge is 0.507 e. The average Bonchev–Trinajstić information content (AvgIpc) is 3.03. The van der Waals surface area contributed by atoms with E-state index >= 15 is 0 Å². The summed E-state index contributed by atoms with van der Waals surface area (Å²) in [5.41, 5.74) is 2.16. The number of aryl methyl sites for hydroxylation is 1. The van der Waals surface area contributed by atoms with Gasteiger partial charge in [-0.15, -0.1) is 0 Å². The Morgan fingerprint density at radius 1 is 1.06 bits per heavy atom. The third-order valence-corrected chi connectivity index (χ3v) is 5.63. The predicted molar refractivity (Wildman–Crippen MR) is 128 cm³/mol. The van der Waals surface area contributed by atoms with Crippen molar-refractivity contribution in [2.24, 2.45) is 0 Å². The number of nitrogens with zero attached hydrogens (tertiary/aromatic N) is 2. The van der Waals surface area contributed by atoms with Crippen LogP contribution in [0.3, 0.4) is 0 Å². The smallest absolute Gasteiger partial charge is 0.295 e. The van der Waals surface area contributed by atoms with E-state index in [1.54, 1.807) is 23.1 Å². The summed E-state index contributed by atoms with van der Waals surface area (Å²) in [6.07, 6.45) is 0. The number of likely N-dealkylation sites (tertiary alicyclic amines) is 1. The van der Waals surface area contributed by atoms with Crippen molar-refractivity contribution in [1.29, 1.82) is 0 Å². The summed E-state index contributed by atoms with van der Waals surface area (Å²) in [7, 11) is 3.82. The molecule has 0 radical (unpaired) electrons. The number of likely N-dealkylation sites (N-methyl/N-ethyl adjacent to an activating group) is 1. The van der Waals surface area contributed by atoms with E-state index < -0.39 is 17.7 Å². The lowest BCUT2D eigenvalue weighted by molar-refractivity contribution is -0.140. The summed E-state index contributed by atoms with van der Waals surface area (Å²) >= 11 is 0. The van der Waals surface area contributed by atoms with Crippen LogP contribution in [0.25, 0.3) is 5.76 Å². The monoisotopic (exact) mass is 452 g/mol. The first kappa shape index (κ1) is 24.3. The highest BCUT2D eigenvalue weighted by Crippen LogP contribution is 2.42. The van der Waals surface area contributed by atoms with Crippen LogP contribution in [-0.4, -0.2) is 67.0 Å². The molecule has 2 aromatic carbocycles. The molecule has 1 unspecified atom stereocenters. The zero-order chi connectivity index (χ0) is 24.1. The number of benzene rings is 2. The van der Waals surface area contributed by atoms with Gasteiger partial charge in [-0.25, -0.2) is 0 Å². The highest BCUT2D eigenvalue weighted by Gasteiger charge is 2.46. The van der Waals surface area contributed by atoms with Crippen LogP contribution in [0.15, 0.2) is 48.0 Å². The molecule has 1 saturated heterocycles. The number of hydrogen-bond acceptors (Lipinski definition) is 6. The molecule has 0 aromatic heterocycles. The van der Waals surface area contributed by atoms with E-state index in [1.807, 2.05) is 64.0 Å². The third kappa shape index (κ3) is 5.03. The van der Waals surface area contributed by atoms with Crippen LogP contribution in [0.4, 0.5) is 0 Å². The van der Waals surface area contributed by atoms with Crippen LogP contribution in [0.5, 0.6) is 11.5 Å². The first-order valence-corrected chi connectivity index (χ1v) is 11.2. The number of Topliss-reactive ketones (excluding diaryl/α,β-unsaturated/α-hetero) is 1. The first-order chi connectivity index (χ1) is 15.8. The molecule has 176 valence electrons. The predicted octanol–water partition coefficient (Wildman–Crippen LogP) is 3.78. The molecule has 0 spiro atoms. The second-order valence-corrected chi connectivity index (χ2v) is 8.18. The van der Waals surface area contributed by atoms with Gasteiger partial charge in [-0.2, -0.15) is 0 Å². The van der Waals surface area contributed by atoms with E-state index in [0.717, 1.165) is 11.1 Å². The van der Waals surface area contributed by atoms with Crippen LogP contribution in [-0.2, 0) is 9.59 Å². The maximum atomic E-state index is 13.2. The van der Waals surface area contributed by atoms with Crippen LogP contribution in [0.1, 0.15) is 36.6 Å². The first-order valence-electron chi connectivity index (χ1n) is 11.2. The lowest BCUT2D eigenvalue weighted by Crippen LogP contribution is -2.35. The van der Waals surface area contributed by atoms with Crippen LogP contribution >= 0.6 is 0 Å². The van der Waals surface area contributed by atoms with Crippen molar-refractivity contribution in [2.45, 2.75) is 26.8 Å². The minimum atomic E-state index is -0.698. The Morgan fingerprint density at radius 2 is 1.76 bits per heavy atom. The molecular formula is C26H32N2O5. The van der Waals surface area contributed by atoms with Crippen molar-refractivity contribution >= 4 is 17.4 Å².